The smallest absolute Gasteiger partial charge is 0.497 e. The van der Waals surface area contributed by atoms with E-state index in [-0.39, 0.29) is 24.8 Å². The molecule has 1 aromatic carbocycles. The first-order valence-corrected chi connectivity index (χ1v) is 8.62. The molecule has 2 fully saturated rings. The third kappa shape index (κ3) is 2.85. The van der Waals surface area contributed by atoms with Crippen LogP contribution in [-0.4, -0.2) is 55.3 Å². The molecule has 8 nitrogen and oxygen atoms in total. The molecule has 3 heterocycles. The predicted octanol–water partition coefficient (Wildman–Crippen LogP) is 1.65. The standard InChI is InChI=1S/C18H20N2O6/c1-24-11-2-3-14-12(8-11)13(9-15(21)19-14)16(22)20-6-4-18(5-7-20)10-25-17(23)26-18/h2-3,8,13H,4-7,9-10H2,1H3,(H,19,21). The number of rotatable bonds is 2. The van der Waals surface area contributed by atoms with Gasteiger partial charge in [-0.25, -0.2) is 4.79 Å². The number of methoxy groups -OCH3 is 1. The van der Waals surface area contributed by atoms with Crippen molar-refractivity contribution in [2.24, 2.45) is 0 Å². The molecule has 138 valence electrons. The number of hydrogen-bond acceptors (Lipinski definition) is 6. The molecule has 1 aromatic rings. The molecule has 1 N–H and O–H groups in total. The van der Waals surface area contributed by atoms with Crippen molar-refractivity contribution < 1.29 is 28.6 Å². The summed E-state index contributed by atoms with van der Waals surface area (Å²) in [7, 11) is 1.56. The topological polar surface area (TPSA) is 94.2 Å². The number of amides is 2. The van der Waals surface area contributed by atoms with Crippen LogP contribution in [0.4, 0.5) is 10.5 Å². The van der Waals surface area contributed by atoms with E-state index in [1.165, 1.54) is 0 Å². The molecule has 0 saturated carbocycles. The molecular formula is C18H20N2O6. The van der Waals surface area contributed by atoms with Crippen LogP contribution in [0.2, 0.25) is 0 Å². The summed E-state index contributed by atoms with van der Waals surface area (Å²) in [6, 6.07) is 5.31. The average Bonchev–Trinajstić information content (AvgIpc) is 3.01. The van der Waals surface area contributed by atoms with Crippen LogP contribution in [0.5, 0.6) is 5.75 Å². The van der Waals surface area contributed by atoms with Gasteiger partial charge in [-0.1, -0.05) is 0 Å². The van der Waals surface area contributed by atoms with Crippen LogP contribution in [0.3, 0.4) is 0 Å². The molecule has 1 atom stereocenters. The fourth-order valence-corrected chi connectivity index (χ4v) is 3.81. The summed E-state index contributed by atoms with van der Waals surface area (Å²) in [4.78, 5) is 38.1. The van der Waals surface area contributed by atoms with Gasteiger partial charge in [-0.2, -0.15) is 0 Å². The Kier molecular flexibility index (Phi) is 3.97. The van der Waals surface area contributed by atoms with E-state index in [1.54, 1.807) is 30.2 Å². The lowest BCUT2D eigenvalue weighted by atomic mass is 9.87. The zero-order valence-corrected chi connectivity index (χ0v) is 14.4. The fraction of sp³-hybridized carbons (Fsp3) is 0.500. The lowest BCUT2D eigenvalue weighted by Gasteiger charge is -2.38. The fourth-order valence-electron chi connectivity index (χ4n) is 3.81. The van der Waals surface area contributed by atoms with Gasteiger partial charge in [0, 0.05) is 38.0 Å². The third-order valence-corrected chi connectivity index (χ3v) is 5.34. The summed E-state index contributed by atoms with van der Waals surface area (Å²) in [5, 5.41) is 2.80. The lowest BCUT2D eigenvalue weighted by Crippen LogP contribution is -2.49. The highest BCUT2D eigenvalue weighted by atomic mass is 16.8. The molecule has 0 bridgehead atoms. The molecule has 1 spiro atoms. The van der Waals surface area contributed by atoms with Crippen molar-refractivity contribution in [1.29, 1.82) is 0 Å². The van der Waals surface area contributed by atoms with Gasteiger partial charge in [0.05, 0.1) is 13.0 Å². The normalized spacial score (nSPS) is 23.7. The molecule has 1 unspecified atom stereocenters. The maximum atomic E-state index is 13.1. The van der Waals surface area contributed by atoms with Gasteiger partial charge in [-0.05, 0) is 23.8 Å². The predicted molar refractivity (Wildman–Crippen MR) is 90.0 cm³/mol. The second kappa shape index (κ2) is 6.19. The molecule has 0 aliphatic carbocycles. The first-order chi connectivity index (χ1) is 12.5. The Hall–Kier alpha value is -2.77. The van der Waals surface area contributed by atoms with E-state index in [1.807, 2.05) is 0 Å². The largest absolute Gasteiger partial charge is 0.509 e. The molecule has 3 aliphatic heterocycles. The van der Waals surface area contributed by atoms with Crippen molar-refractivity contribution in [3.8, 4) is 5.75 Å². The summed E-state index contributed by atoms with van der Waals surface area (Å²) in [5.74, 6) is -0.155. The van der Waals surface area contributed by atoms with Gasteiger partial charge in [0.15, 0.2) is 5.60 Å². The van der Waals surface area contributed by atoms with E-state index in [9.17, 15) is 14.4 Å². The third-order valence-electron chi connectivity index (χ3n) is 5.34. The molecule has 2 amide bonds. The Bertz CT molecular complexity index is 769. The zero-order chi connectivity index (χ0) is 18.3. The minimum absolute atomic E-state index is 0.0885. The Morgan fingerprint density at radius 2 is 2.08 bits per heavy atom. The van der Waals surface area contributed by atoms with Crippen molar-refractivity contribution in [3.63, 3.8) is 0 Å². The van der Waals surface area contributed by atoms with E-state index in [0.29, 0.717) is 37.4 Å². The van der Waals surface area contributed by atoms with Gasteiger partial charge in [-0.3, -0.25) is 9.59 Å². The van der Waals surface area contributed by atoms with Crippen LogP contribution < -0.4 is 10.1 Å². The minimum atomic E-state index is -0.644. The van der Waals surface area contributed by atoms with E-state index >= 15 is 0 Å². The second-order valence-electron chi connectivity index (χ2n) is 6.91. The SMILES string of the molecule is COc1ccc2c(c1)C(C(=O)N1CCC3(CC1)COC(=O)O3)CC(=O)N2. The number of carbonyl (C=O) groups excluding carboxylic acids is 3. The molecule has 0 radical (unpaired) electrons. The summed E-state index contributed by atoms with van der Waals surface area (Å²) >= 11 is 0. The van der Waals surface area contributed by atoms with Crippen molar-refractivity contribution in [2.75, 3.05) is 32.1 Å². The number of fused-ring (bicyclic) bond motifs is 1. The molecule has 2 saturated heterocycles. The van der Waals surface area contributed by atoms with Gasteiger partial charge >= 0.3 is 6.16 Å². The van der Waals surface area contributed by atoms with Crippen molar-refractivity contribution in [3.05, 3.63) is 23.8 Å². The van der Waals surface area contributed by atoms with Gasteiger partial charge in [-0.15, -0.1) is 0 Å². The van der Waals surface area contributed by atoms with Gasteiger partial charge in [0.25, 0.3) is 0 Å². The number of carbonyl (C=O) groups is 3. The van der Waals surface area contributed by atoms with E-state index in [2.05, 4.69) is 5.32 Å². The highest BCUT2D eigenvalue weighted by Crippen LogP contribution is 2.38. The van der Waals surface area contributed by atoms with Crippen LogP contribution in [0, 0.1) is 0 Å². The molecular weight excluding hydrogens is 340 g/mol. The van der Waals surface area contributed by atoms with Crippen molar-refractivity contribution >= 4 is 23.7 Å². The Morgan fingerprint density at radius 1 is 1.31 bits per heavy atom. The molecule has 8 heteroatoms. The van der Waals surface area contributed by atoms with Gasteiger partial charge in [0.1, 0.15) is 12.4 Å². The van der Waals surface area contributed by atoms with Crippen LogP contribution in [0.1, 0.15) is 30.7 Å². The molecule has 3 aliphatic rings. The van der Waals surface area contributed by atoms with Gasteiger partial charge < -0.3 is 24.4 Å². The number of cyclic esters (lactones) is 1. The highest BCUT2D eigenvalue weighted by molar-refractivity contribution is 6.01. The van der Waals surface area contributed by atoms with E-state index in [0.717, 1.165) is 5.56 Å². The summed E-state index contributed by atoms with van der Waals surface area (Å²) in [5.41, 5.74) is 0.802. The molecule has 26 heavy (non-hydrogen) atoms. The van der Waals surface area contributed by atoms with Crippen molar-refractivity contribution in [2.45, 2.75) is 30.8 Å². The number of anilines is 1. The Balaban J connectivity index is 1.52. The quantitative estimate of drug-likeness (QED) is 0.806. The zero-order valence-electron chi connectivity index (χ0n) is 14.4. The number of nitrogens with one attached hydrogen (secondary N) is 1. The minimum Gasteiger partial charge on any atom is -0.497 e. The maximum absolute atomic E-state index is 13.1. The Labute approximate surface area is 150 Å². The summed E-state index contributed by atoms with van der Waals surface area (Å²) in [6.45, 7) is 1.17. The van der Waals surface area contributed by atoms with E-state index in [4.69, 9.17) is 14.2 Å². The van der Waals surface area contributed by atoms with E-state index < -0.39 is 17.7 Å². The summed E-state index contributed by atoms with van der Waals surface area (Å²) < 4.78 is 15.5. The molecule has 0 aromatic heterocycles. The Morgan fingerprint density at radius 3 is 2.73 bits per heavy atom. The first kappa shape index (κ1) is 16.7. The molecule has 4 rings (SSSR count). The number of benzene rings is 1. The van der Waals surface area contributed by atoms with Crippen molar-refractivity contribution in [1.82, 2.24) is 4.90 Å². The average molecular weight is 360 g/mol. The van der Waals surface area contributed by atoms with Crippen LogP contribution in [0.15, 0.2) is 18.2 Å². The van der Waals surface area contributed by atoms with Gasteiger partial charge in [0.2, 0.25) is 11.8 Å². The first-order valence-electron chi connectivity index (χ1n) is 8.62. The number of hydrogen-bond donors (Lipinski definition) is 1. The second-order valence-corrected chi connectivity index (χ2v) is 6.91. The highest BCUT2D eigenvalue weighted by Gasteiger charge is 2.46. The van der Waals surface area contributed by atoms with Crippen LogP contribution in [0.25, 0.3) is 0 Å². The summed E-state index contributed by atoms with van der Waals surface area (Å²) in [6.07, 6.45) is 0.538. The van der Waals surface area contributed by atoms with Crippen LogP contribution in [-0.2, 0) is 19.1 Å². The lowest BCUT2D eigenvalue weighted by molar-refractivity contribution is -0.138. The number of nitrogens with zero attached hydrogens (tertiary/aromatic N) is 1. The number of ether oxygens (including phenoxy) is 3. The maximum Gasteiger partial charge on any atom is 0.509 e. The van der Waals surface area contributed by atoms with Crippen LogP contribution >= 0.6 is 0 Å². The monoisotopic (exact) mass is 360 g/mol. The number of piperidine rings is 1. The number of likely N-dealkylation sites (tertiary alicyclic amines) is 1.